The molecule has 0 spiro atoms. The van der Waals surface area contributed by atoms with Crippen LogP contribution in [-0.2, 0) is 9.47 Å². The van der Waals surface area contributed by atoms with E-state index in [0.29, 0.717) is 11.4 Å². The summed E-state index contributed by atoms with van der Waals surface area (Å²) in [6.07, 6.45) is 10.1. The Hall–Kier alpha value is -2.58. The molecule has 4 atom stereocenters. The zero-order chi connectivity index (χ0) is 21.7. The van der Waals surface area contributed by atoms with Crippen LogP contribution in [0.1, 0.15) is 50.6 Å². The molecule has 0 saturated heterocycles. The number of anilines is 2. The Kier molecular flexibility index (Phi) is 7.33. The number of nitrogens with two attached hydrogens (primary N) is 2. The van der Waals surface area contributed by atoms with Crippen LogP contribution in [-0.4, -0.2) is 35.6 Å². The van der Waals surface area contributed by atoms with E-state index in [4.69, 9.17) is 20.9 Å². The summed E-state index contributed by atoms with van der Waals surface area (Å²) in [6, 6.07) is 7.17. The molecule has 164 valence electrons. The number of methoxy groups -OCH3 is 2. The highest BCUT2D eigenvalue weighted by atomic mass is 16.5. The number of aromatic nitrogens is 2. The standard InChI is InChI=1S/2C11H16N2O2/c2*1-15-10-6-2-5-9(10)13-7-3-4-8(12)11(13)14/h2*3-4,7,9-10H,2,5-6,12H2,1H3/t2*9-,10-/m10/s1. The maximum absolute atomic E-state index is 11.8. The maximum Gasteiger partial charge on any atom is 0.274 e. The summed E-state index contributed by atoms with van der Waals surface area (Å²) in [7, 11) is 3.39. The fourth-order valence-electron chi connectivity index (χ4n) is 4.58. The highest BCUT2D eigenvalue weighted by Crippen LogP contribution is 2.31. The molecule has 8 nitrogen and oxygen atoms in total. The third kappa shape index (κ3) is 4.60. The van der Waals surface area contributed by atoms with E-state index in [0.717, 1.165) is 38.5 Å². The summed E-state index contributed by atoms with van der Waals surface area (Å²) in [4.78, 5) is 23.6. The van der Waals surface area contributed by atoms with Crippen LogP contribution in [0.5, 0.6) is 0 Å². The van der Waals surface area contributed by atoms with E-state index in [2.05, 4.69) is 0 Å². The van der Waals surface area contributed by atoms with Gasteiger partial charge in [-0.25, -0.2) is 0 Å². The molecule has 0 bridgehead atoms. The third-order valence-electron chi connectivity index (χ3n) is 6.16. The van der Waals surface area contributed by atoms with Crippen LogP contribution in [0.3, 0.4) is 0 Å². The number of pyridine rings is 2. The van der Waals surface area contributed by atoms with E-state index in [1.807, 2.05) is 12.1 Å². The van der Waals surface area contributed by atoms with Crippen molar-refractivity contribution in [3.63, 3.8) is 0 Å². The lowest BCUT2D eigenvalue weighted by molar-refractivity contribution is 0.0738. The fraction of sp³-hybridized carbons (Fsp3) is 0.545. The molecule has 0 unspecified atom stereocenters. The van der Waals surface area contributed by atoms with Crippen molar-refractivity contribution in [3.8, 4) is 0 Å². The van der Waals surface area contributed by atoms with Crippen molar-refractivity contribution in [3.05, 3.63) is 57.4 Å². The van der Waals surface area contributed by atoms with Gasteiger partial charge >= 0.3 is 0 Å². The smallest absolute Gasteiger partial charge is 0.274 e. The summed E-state index contributed by atoms with van der Waals surface area (Å²) in [5, 5.41) is 0. The van der Waals surface area contributed by atoms with E-state index in [1.54, 1.807) is 47.9 Å². The molecule has 0 aliphatic heterocycles. The monoisotopic (exact) mass is 416 g/mol. The summed E-state index contributed by atoms with van der Waals surface area (Å²) in [6.45, 7) is 0. The molecule has 30 heavy (non-hydrogen) atoms. The predicted octanol–water partition coefficient (Wildman–Crippen LogP) is 2.34. The zero-order valence-corrected chi connectivity index (χ0v) is 17.7. The van der Waals surface area contributed by atoms with Crippen molar-refractivity contribution in [1.29, 1.82) is 0 Å². The number of ether oxygens (including phenoxy) is 2. The van der Waals surface area contributed by atoms with Crippen LogP contribution in [0.25, 0.3) is 0 Å². The van der Waals surface area contributed by atoms with Gasteiger partial charge in [-0.2, -0.15) is 0 Å². The third-order valence-corrected chi connectivity index (χ3v) is 6.16. The molecule has 2 fully saturated rings. The first-order chi connectivity index (χ1) is 14.5. The molecule has 2 aliphatic carbocycles. The van der Waals surface area contributed by atoms with Crippen LogP contribution < -0.4 is 22.6 Å². The van der Waals surface area contributed by atoms with Gasteiger partial charge in [0.2, 0.25) is 0 Å². The molecular formula is C22H32N4O4. The Morgan fingerprint density at radius 1 is 0.767 bits per heavy atom. The summed E-state index contributed by atoms with van der Waals surface area (Å²) in [5.74, 6) is 0. The molecule has 2 saturated carbocycles. The summed E-state index contributed by atoms with van der Waals surface area (Å²) in [5.41, 5.74) is 11.6. The van der Waals surface area contributed by atoms with Crippen LogP contribution in [0, 0.1) is 0 Å². The second-order valence-electron chi connectivity index (χ2n) is 7.90. The van der Waals surface area contributed by atoms with E-state index in [1.165, 1.54) is 0 Å². The number of hydrogen-bond donors (Lipinski definition) is 2. The molecule has 2 aromatic rings. The first-order valence-corrected chi connectivity index (χ1v) is 10.5. The number of nitrogens with zero attached hydrogens (tertiary/aromatic N) is 2. The average Bonchev–Trinajstić information content (AvgIpc) is 3.41. The van der Waals surface area contributed by atoms with Crippen molar-refractivity contribution < 1.29 is 9.47 Å². The topological polar surface area (TPSA) is 114 Å². The molecule has 2 aromatic heterocycles. The van der Waals surface area contributed by atoms with Crippen molar-refractivity contribution in [2.75, 3.05) is 25.7 Å². The number of rotatable bonds is 4. The minimum absolute atomic E-state index is 0.105. The van der Waals surface area contributed by atoms with E-state index >= 15 is 0 Å². The first kappa shape index (κ1) is 22.1. The quantitative estimate of drug-likeness (QED) is 0.791. The lowest BCUT2D eigenvalue weighted by Gasteiger charge is -2.20. The van der Waals surface area contributed by atoms with Gasteiger partial charge < -0.3 is 30.1 Å². The average molecular weight is 417 g/mol. The highest BCUT2D eigenvalue weighted by molar-refractivity contribution is 5.34. The number of hydrogen-bond acceptors (Lipinski definition) is 6. The normalized spacial score (nSPS) is 25.7. The van der Waals surface area contributed by atoms with Gasteiger partial charge in [0.05, 0.1) is 35.7 Å². The Balaban J connectivity index is 0.000000171. The molecule has 2 aliphatic rings. The van der Waals surface area contributed by atoms with Crippen molar-refractivity contribution >= 4 is 11.4 Å². The Morgan fingerprint density at radius 3 is 1.53 bits per heavy atom. The lowest BCUT2D eigenvalue weighted by Crippen LogP contribution is -2.30. The van der Waals surface area contributed by atoms with Crippen molar-refractivity contribution in [2.24, 2.45) is 0 Å². The van der Waals surface area contributed by atoms with E-state index in [9.17, 15) is 9.59 Å². The SMILES string of the molecule is CO[C@@H]1CCC[C@H]1n1cccc(N)c1=O.CO[C@H]1CCC[C@@H]1n1cccc(N)c1=O. The van der Waals surface area contributed by atoms with Gasteiger partial charge in [-0.05, 0) is 62.8 Å². The largest absolute Gasteiger partial charge is 0.394 e. The minimum atomic E-state index is -0.105. The van der Waals surface area contributed by atoms with Gasteiger partial charge in [0.25, 0.3) is 11.1 Å². The molecular weight excluding hydrogens is 384 g/mol. The second kappa shape index (κ2) is 9.95. The summed E-state index contributed by atoms with van der Waals surface area (Å²) >= 11 is 0. The molecule has 0 radical (unpaired) electrons. The molecule has 4 N–H and O–H groups in total. The lowest BCUT2D eigenvalue weighted by atomic mass is 10.2. The summed E-state index contributed by atoms with van der Waals surface area (Å²) < 4.78 is 14.2. The minimum Gasteiger partial charge on any atom is -0.394 e. The molecule has 0 aromatic carbocycles. The fourth-order valence-corrected chi connectivity index (χ4v) is 4.58. The maximum atomic E-state index is 11.8. The van der Waals surface area contributed by atoms with Crippen LogP contribution in [0.15, 0.2) is 46.2 Å². The number of nitrogen functional groups attached to an aromatic ring is 2. The van der Waals surface area contributed by atoms with Gasteiger partial charge in [-0.1, -0.05) is 0 Å². The molecule has 2 heterocycles. The van der Waals surface area contributed by atoms with Gasteiger partial charge in [0, 0.05) is 26.6 Å². The van der Waals surface area contributed by atoms with Gasteiger partial charge in [-0.3, -0.25) is 9.59 Å². The van der Waals surface area contributed by atoms with Crippen molar-refractivity contribution in [1.82, 2.24) is 9.13 Å². The first-order valence-electron chi connectivity index (χ1n) is 10.5. The van der Waals surface area contributed by atoms with Gasteiger partial charge in [0.1, 0.15) is 0 Å². The second-order valence-corrected chi connectivity index (χ2v) is 7.90. The Morgan fingerprint density at radius 2 is 1.17 bits per heavy atom. The highest BCUT2D eigenvalue weighted by Gasteiger charge is 2.30. The van der Waals surface area contributed by atoms with Gasteiger partial charge in [-0.15, -0.1) is 0 Å². The van der Waals surface area contributed by atoms with E-state index in [-0.39, 0.29) is 35.4 Å². The van der Waals surface area contributed by atoms with Crippen molar-refractivity contribution in [2.45, 2.75) is 62.8 Å². The van der Waals surface area contributed by atoms with E-state index < -0.39 is 0 Å². The van der Waals surface area contributed by atoms with Gasteiger partial charge in [0.15, 0.2) is 0 Å². The Labute approximate surface area is 176 Å². The predicted molar refractivity (Wildman–Crippen MR) is 118 cm³/mol. The van der Waals surface area contributed by atoms with Crippen LogP contribution in [0.2, 0.25) is 0 Å². The molecule has 8 heteroatoms. The molecule has 4 rings (SSSR count). The van der Waals surface area contributed by atoms with Crippen LogP contribution >= 0.6 is 0 Å². The zero-order valence-electron chi connectivity index (χ0n) is 17.7. The van der Waals surface area contributed by atoms with Crippen LogP contribution in [0.4, 0.5) is 11.4 Å². The molecule has 0 amide bonds. The Bertz CT molecular complexity index is 877.